The fourth-order valence-electron chi connectivity index (χ4n) is 2.10. The van der Waals surface area contributed by atoms with Crippen molar-refractivity contribution in [3.05, 3.63) is 35.9 Å². The van der Waals surface area contributed by atoms with Gasteiger partial charge in [-0.3, -0.25) is 4.79 Å². The molecule has 0 radical (unpaired) electrons. The van der Waals surface area contributed by atoms with Crippen molar-refractivity contribution in [2.45, 2.75) is 39.2 Å². The molecule has 2 N–H and O–H groups in total. The van der Waals surface area contributed by atoms with Crippen molar-refractivity contribution < 1.29 is 4.79 Å². The molecule has 0 aliphatic carbocycles. The molecule has 0 bridgehead atoms. The molecule has 0 spiro atoms. The van der Waals surface area contributed by atoms with Crippen LogP contribution < -0.4 is 10.6 Å². The molecular weight excluding hydrogens is 272 g/mol. The van der Waals surface area contributed by atoms with Gasteiger partial charge in [-0.25, -0.2) is 0 Å². The van der Waals surface area contributed by atoms with Crippen molar-refractivity contribution in [3.63, 3.8) is 0 Å². The summed E-state index contributed by atoms with van der Waals surface area (Å²) in [6.45, 7) is 6.99. The Labute approximate surface area is 128 Å². The van der Waals surface area contributed by atoms with Gasteiger partial charge >= 0.3 is 0 Å². The molecule has 4 heteroatoms. The molecule has 1 amide bonds. The van der Waals surface area contributed by atoms with Crippen LogP contribution in [0.4, 0.5) is 0 Å². The molecule has 114 valence electrons. The lowest BCUT2D eigenvalue weighted by molar-refractivity contribution is -0.123. The summed E-state index contributed by atoms with van der Waals surface area (Å²) in [5, 5.41) is 6.17. The summed E-state index contributed by atoms with van der Waals surface area (Å²) in [6, 6.07) is 10.3. The molecular formula is C16H27ClN2O. The van der Waals surface area contributed by atoms with Gasteiger partial charge in [0.05, 0.1) is 5.92 Å². The third-order valence-corrected chi connectivity index (χ3v) is 3.73. The third-order valence-electron chi connectivity index (χ3n) is 3.73. The monoisotopic (exact) mass is 298 g/mol. The van der Waals surface area contributed by atoms with E-state index >= 15 is 0 Å². The maximum atomic E-state index is 12.4. The molecule has 1 rings (SSSR count). The van der Waals surface area contributed by atoms with Gasteiger partial charge in [0.2, 0.25) is 5.91 Å². The molecule has 0 heterocycles. The highest BCUT2D eigenvalue weighted by Gasteiger charge is 2.25. The normalized spacial score (nSPS) is 14.8. The molecule has 0 aromatic heterocycles. The average molecular weight is 299 g/mol. The highest BCUT2D eigenvalue weighted by molar-refractivity contribution is 5.85. The Morgan fingerprint density at radius 1 is 1.20 bits per heavy atom. The number of hydrogen-bond donors (Lipinski definition) is 2. The Bertz CT molecular complexity index is 383. The highest BCUT2D eigenvalue weighted by atomic mass is 35.5. The lowest BCUT2D eigenvalue weighted by Gasteiger charge is -2.23. The van der Waals surface area contributed by atoms with Crippen LogP contribution in [-0.2, 0) is 4.79 Å². The molecule has 3 unspecified atom stereocenters. The molecule has 20 heavy (non-hydrogen) atoms. The van der Waals surface area contributed by atoms with E-state index in [1.807, 2.05) is 37.4 Å². The van der Waals surface area contributed by atoms with Crippen LogP contribution in [-0.4, -0.2) is 25.5 Å². The minimum absolute atomic E-state index is 0. The van der Waals surface area contributed by atoms with Gasteiger partial charge in [-0.05, 0) is 25.5 Å². The fourth-order valence-corrected chi connectivity index (χ4v) is 2.10. The minimum Gasteiger partial charge on any atom is -0.354 e. The van der Waals surface area contributed by atoms with Gasteiger partial charge in [-0.2, -0.15) is 0 Å². The second-order valence-electron chi connectivity index (χ2n) is 5.21. The quantitative estimate of drug-likeness (QED) is 0.812. The van der Waals surface area contributed by atoms with Gasteiger partial charge in [0.1, 0.15) is 0 Å². The van der Waals surface area contributed by atoms with Crippen LogP contribution in [0.5, 0.6) is 0 Å². The zero-order chi connectivity index (χ0) is 14.3. The topological polar surface area (TPSA) is 41.1 Å². The molecule has 3 nitrogen and oxygen atoms in total. The largest absolute Gasteiger partial charge is 0.354 e. The van der Waals surface area contributed by atoms with Gasteiger partial charge in [0, 0.05) is 12.6 Å². The van der Waals surface area contributed by atoms with Crippen molar-refractivity contribution in [2.75, 3.05) is 13.6 Å². The maximum absolute atomic E-state index is 12.4. The van der Waals surface area contributed by atoms with E-state index in [0.29, 0.717) is 12.5 Å². The lowest BCUT2D eigenvalue weighted by Crippen LogP contribution is -2.40. The molecule has 3 atom stereocenters. The molecule has 0 saturated carbocycles. The standard InChI is InChI=1S/C16H26N2O.ClH/c1-5-12(2)15(14-9-7-6-8-10-14)16(19)18-11-13(3)17-4;/h6-10,12-13,15,17H,5,11H2,1-4H3,(H,18,19);1H. The number of nitrogens with one attached hydrogen (secondary N) is 2. The number of halogens is 1. The van der Waals surface area contributed by atoms with Crippen molar-refractivity contribution in [1.29, 1.82) is 0 Å². The Hall–Kier alpha value is -1.06. The van der Waals surface area contributed by atoms with Crippen LogP contribution in [0.25, 0.3) is 0 Å². The van der Waals surface area contributed by atoms with E-state index in [0.717, 1.165) is 12.0 Å². The number of carbonyl (C=O) groups excluding carboxylic acids is 1. The summed E-state index contributed by atoms with van der Waals surface area (Å²) in [4.78, 5) is 12.4. The molecule has 0 aliphatic heterocycles. The van der Waals surface area contributed by atoms with Crippen molar-refractivity contribution >= 4 is 18.3 Å². The third kappa shape index (κ3) is 5.51. The SMILES string of the molecule is CCC(C)C(C(=O)NCC(C)NC)c1ccccc1.Cl. The van der Waals surface area contributed by atoms with E-state index in [9.17, 15) is 4.79 Å². The van der Waals surface area contributed by atoms with E-state index in [1.165, 1.54) is 0 Å². The fraction of sp³-hybridized carbons (Fsp3) is 0.562. The van der Waals surface area contributed by atoms with E-state index in [4.69, 9.17) is 0 Å². The Balaban J connectivity index is 0.00000361. The first-order chi connectivity index (χ1) is 9.10. The number of carbonyl (C=O) groups is 1. The van der Waals surface area contributed by atoms with Crippen molar-refractivity contribution in [1.82, 2.24) is 10.6 Å². The van der Waals surface area contributed by atoms with Crippen molar-refractivity contribution in [2.24, 2.45) is 5.92 Å². The zero-order valence-corrected chi connectivity index (χ0v) is 13.7. The van der Waals surface area contributed by atoms with E-state index in [2.05, 4.69) is 31.4 Å². The van der Waals surface area contributed by atoms with Crippen LogP contribution in [0, 0.1) is 5.92 Å². The molecule has 1 aromatic rings. The first-order valence-electron chi connectivity index (χ1n) is 7.10. The summed E-state index contributed by atoms with van der Waals surface area (Å²) >= 11 is 0. The molecule has 0 saturated heterocycles. The Morgan fingerprint density at radius 2 is 1.80 bits per heavy atom. The first kappa shape index (κ1) is 18.9. The number of benzene rings is 1. The van der Waals surface area contributed by atoms with E-state index < -0.39 is 0 Å². The number of rotatable bonds is 7. The van der Waals surface area contributed by atoms with Crippen LogP contribution >= 0.6 is 12.4 Å². The first-order valence-corrected chi connectivity index (χ1v) is 7.10. The predicted octanol–water partition coefficient (Wildman–Crippen LogP) is 2.96. The summed E-state index contributed by atoms with van der Waals surface area (Å²) < 4.78 is 0. The summed E-state index contributed by atoms with van der Waals surface area (Å²) in [6.07, 6.45) is 0.995. The number of likely N-dealkylation sites (N-methyl/N-ethyl adjacent to an activating group) is 1. The van der Waals surface area contributed by atoms with E-state index in [1.54, 1.807) is 0 Å². The maximum Gasteiger partial charge on any atom is 0.227 e. The number of hydrogen-bond acceptors (Lipinski definition) is 2. The summed E-state index contributed by atoms with van der Waals surface area (Å²) in [7, 11) is 1.90. The van der Waals surface area contributed by atoms with Crippen LogP contribution in [0.15, 0.2) is 30.3 Å². The summed E-state index contributed by atoms with van der Waals surface area (Å²) in [5.74, 6) is 0.408. The van der Waals surface area contributed by atoms with Crippen molar-refractivity contribution in [3.8, 4) is 0 Å². The molecule has 1 aromatic carbocycles. The van der Waals surface area contributed by atoms with Crippen LogP contribution in [0.3, 0.4) is 0 Å². The van der Waals surface area contributed by atoms with Crippen LogP contribution in [0.2, 0.25) is 0 Å². The van der Waals surface area contributed by atoms with E-state index in [-0.39, 0.29) is 30.3 Å². The van der Waals surface area contributed by atoms with Gasteiger partial charge in [-0.15, -0.1) is 12.4 Å². The van der Waals surface area contributed by atoms with Gasteiger partial charge in [-0.1, -0.05) is 50.6 Å². The smallest absolute Gasteiger partial charge is 0.227 e. The average Bonchev–Trinajstić information content (AvgIpc) is 2.45. The number of amides is 1. The lowest BCUT2D eigenvalue weighted by atomic mass is 9.85. The summed E-state index contributed by atoms with van der Waals surface area (Å²) in [5.41, 5.74) is 1.10. The second-order valence-corrected chi connectivity index (χ2v) is 5.21. The van der Waals surface area contributed by atoms with Gasteiger partial charge in [0.15, 0.2) is 0 Å². The highest BCUT2D eigenvalue weighted by Crippen LogP contribution is 2.26. The van der Waals surface area contributed by atoms with Gasteiger partial charge < -0.3 is 10.6 Å². The molecule has 0 fully saturated rings. The minimum atomic E-state index is -0.0599. The second kappa shape index (κ2) is 9.78. The zero-order valence-electron chi connectivity index (χ0n) is 12.8. The van der Waals surface area contributed by atoms with Gasteiger partial charge in [0.25, 0.3) is 0 Å². The van der Waals surface area contributed by atoms with Crippen LogP contribution in [0.1, 0.15) is 38.7 Å². The predicted molar refractivity (Wildman–Crippen MR) is 87.4 cm³/mol. The Morgan fingerprint density at radius 3 is 2.30 bits per heavy atom. The Kier molecular flexibility index (Phi) is 9.26. The molecule has 0 aliphatic rings.